The lowest BCUT2D eigenvalue weighted by molar-refractivity contribution is -0.121. The van der Waals surface area contributed by atoms with Gasteiger partial charge in [0.1, 0.15) is 12.7 Å². The maximum atomic E-state index is 11.3. The summed E-state index contributed by atoms with van der Waals surface area (Å²) < 4.78 is 10.0. The van der Waals surface area contributed by atoms with Gasteiger partial charge in [0.05, 0.1) is 6.54 Å². The van der Waals surface area contributed by atoms with E-state index in [4.69, 9.17) is 9.47 Å². The molecule has 1 fully saturated rings. The molecule has 98 valence electrons. The van der Waals surface area contributed by atoms with Gasteiger partial charge in [-0.2, -0.15) is 0 Å². The number of ether oxygens (including phenoxy) is 2. The van der Waals surface area contributed by atoms with E-state index in [0.717, 1.165) is 25.7 Å². The summed E-state index contributed by atoms with van der Waals surface area (Å²) in [5.41, 5.74) is 0. The highest BCUT2D eigenvalue weighted by Crippen LogP contribution is 2.20. The van der Waals surface area contributed by atoms with Gasteiger partial charge in [-0.05, 0) is 25.7 Å². The van der Waals surface area contributed by atoms with E-state index in [9.17, 15) is 9.59 Å². The quantitative estimate of drug-likeness (QED) is 0.592. The zero-order chi connectivity index (χ0) is 12.5. The predicted octanol–water partition coefficient (Wildman–Crippen LogP) is 2.00. The molecule has 0 bridgehead atoms. The third-order valence-electron chi connectivity index (χ3n) is 2.78. The van der Waals surface area contributed by atoms with Crippen molar-refractivity contribution in [2.75, 3.05) is 13.2 Å². The summed E-state index contributed by atoms with van der Waals surface area (Å²) in [5.74, 6) is -0.0470. The minimum atomic E-state index is -0.623. The van der Waals surface area contributed by atoms with E-state index in [1.54, 1.807) is 6.92 Å². The fourth-order valence-corrected chi connectivity index (χ4v) is 1.80. The van der Waals surface area contributed by atoms with Crippen LogP contribution in [-0.4, -0.2) is 31.3 Å². The Morgan fingerprint density at radius 1 is 1.24 bits per heavy atom. The minimum absolute atomic E-state index is 0.0153. The first-order chi connectivity index (χ1) is 8.22. The normalized spacial score (nSPS) is 16.3. The summed E-state index contributed by atoms with van der Waals surface area (Å²) in [6.07, 6.45) is 5.15. The van der Waals surface area contributed by atoms with Gasteiger partial charge in [0.2, 0.25) is 5.91 Å². The van der Waals surface area contributed by atoms with Crippen LogP contribution in [0.1, 0.15) is 45.4 Å². The number of carbonyl (C=O) groups excluding carboxylic acids is 2. The van der Waals surface area contributed by atoms with Gasteiger partial charge < -0.3 is 14.8 Å². The van der Waals surface area contributed by atoms with Crippen molar-refractivity contribution in [3.05, 3.63) is 0 Å². The van der Waals surface area contributed by atoms with Crippen LogP contribution >= 0.6 is 0 Å². The second kappa shape index (κ2) is 7.92. The minimum Gasteiger partial charge on any atom is -0.432 e. The number of hydrogen-bond donors (Lipinski definition) is 1. The van der Waals surface area contributed by atoms with Gasteiger partial charge in [0.15, 0.2) is 0 Å². The highest BCUT2D eigenvalue weighted by molar-refractivity contribution is 5.75. The molecule has 1 aliphatic rings. The van der Waals surface area contributed by atoms with Gasteiger partial charge in [0, 0.05) is 6.42 Å². The van der Waals surface area contributed by atoms with Crippen LogP contribution in [0.4, 0.5) is 4.79 Å². The van der Waals surface area contributed by atoms with Gasteiger partial charge in [-0.1, -0.05) is 13.3 Å². The van der Waals surface area contributed by atoms with Crippen LogP contribution in [0, 0.1) is 0 Å². The number of nitrogens with one attached hydrogen (secondary N) is 1. The highest BCUT2D eigenvalue weighted by atomic mass is 16.7. The van der Waals surface area contributed by atoms with Crippen LogP contribution in [0.3, 0.4) is 0 Å². The Labute approximate surface area is 102 Å². The number of carbonyl (C=O) groups is 2. The fraction of sp³-hybridized carbons (Fsp3) is 0.833. The Balaban J connectivity index is 2.02. The first-order valence-electron chi connectivity index (χ1n) is 6.32. The topological polar surface area (TPSA) is 64.6 Å². The largest absolute Gasteiger partial charge is 0.508 e. The maximum Gasteiger partial charge on any atom is 0.508 e. The number of rotatable bonds is 5. The van der Waals surface area contributed by atoms with Crippen LogP contribution in [-0.2, 0) is 14.3 Å². The summed E-state index contributed by atoms with van der Waals surface area (Å²) in [6, 6.07) is 0. The standard InChI is InChI=1S/C12H21NO4/c1-2-11(14)13-8-9-16-12(15)17-10-6-4-3-5-7-10/h10H,2-9H2,1H3,(H,13,14). The van der Waals surface area contributed by atoms with E-state index in [1.807, 2.05) is 0 Å². The first-order valence-corrected chi connectivity index (χ1v) is 6.32. The third-order valence-corrected chi connectivity index (χ3v) is 2.78. The van der Waals surface area contributed by atoms with Crippen molar-refractivity contribution in [1.82, 2.24) is 5.32 Å². The molecule has 0 spiro atoms. The molecular formula is C12H21NO4. The van der Waals surface area contributed by atoms with E-state index >= 15 is 0 Å². The average molecular weight is 243 g/mol. The Morgan fingerprint density at radius 3 is 2.59 bits per heavy atom. The lowest BCUT2D eigenvalue weighted by atomic mass is 9.98. The van der Waals surface area contributed by atoms with Crippen molar-refractivity contribution in [2.45, 2.75) is 51.6 Å². The van der Waals surface area contributed by atoms with Gasteiger partial charge in [-0.15, -0.1) is 0 Å². The van der Waals surface area contributed by atoms with Crippen LogP contribution in [0.2, 0.25) is 0 Å². The van der Waals surface area contributed by atoms with Gasteiger partial charge >= 0.3 is 6.16 Å². The molecule has 0 atom stereocenters. The molecule has 1 amide bonds. The molecule has 0 aromatic carbocycles. The molecule has 0 unspecified atom stereocenters. The van der Waals surface area contributed by atoms with Gasteiger partial charge in [-0.25, -0.2) is 4.79 Å². The molecule has 1 N–H and O–H groups in total. The number of hydrogen-bond acceptors (Lipinski definition) is 4. The lowest BCUT2D eigenvalue weighted by Gasteiger charge is -2.21. The maximum absolute atomic E-state index is 11.3. The highest BCUT2D eigenvalue weighted by Gasteiger charge is 2.18. The van der Waals surface area contributed by atoms with E-state index < -0.39 is 6.16 Å². The van der Waals surface area contributed by atoms with Crippen LogP contribution in [0.15, 0.2) is 0 Å². The monoisotopic (exact) mass is 243 g/mol. The molecule has 1 saturated carbocycles. The average Bonchev–Trinajstić information content (AvgIpc) is 2.35. The van der Waals surface area contributed by atoms with Crippen LogP contribution in [0.5, 0.6) is 0 Å². The molecular weight excluding hydrogens is 222 g/mol. The fourth-order valence-electron chi connectivity index (χ4n) is 1.80. The van der Waals surface area contributed by atoms with Crippen LogP contribution in [0.25, 0.3) is 0 Å². The Kier molecular flexibility index (Phi) is 6.43. The van der Waals surface area contributed by atoms with E-state index in [0.29, 0.717) is 13.0 Å². The Bertz CT molecular complexity index is 249. The Morgan fingerprint density at radius 2 is 1.94 bits per heavy atom. The zero-order valence-corrected chi connectivity index (χ0v) is 10.4. The molecule has 0 aliphatic heterocycles. The molecule has 0 aromatic rings. The molecule has 5 nitrogen and oxygen atoms in total. The first kappa shape index (κ1) is 13.8. The third kappa shape index (κ3) is 6.14. The van der Waals surface area contributed by atoms with Crippen LogP contribution < -0.4 is 5.32 Å². The van der Waals surface area contributed by atoms with Gasteiger partial charge in [0.25, 0.3) is 0 Å². The van der Waals surface area contributed by atoms with Crippen molar-refractivity contribution in [3.8, 4) is 0 Å². The summed E-state index contributed by atoms with van der Waals surface area (Å²) in [4.78, 5) is 22.2. The van der Waals surface area contributed by atoms with Crippen molar-refractivity contribution >= 4 is 12.1 Å². The van der Waals surface area contributed by atoms with E-state index in [1.165, 1.54) is 6.42 Å². The van der Waals surface area contributed by atoms with E-state index in [-0.39, 0.29) is 18.6 Å². The molecule has 0 radical (unpaired) electrons. The molecule has 17 heavy (non-hydrogen) atoms. The number of amides is 1. The molecule has 5 heteroatoms. The second-order valence-electron chi connectivity index (χ2n) is 4.18. The van der Waals surface area contributed by atoms with E-state index in [2.05, 4.69) is 5.32 Å². The summed E-state index contributed by atoms with van der Waals surface area (Å²) in [7, 11) is 0. The second-order valence-corrected chi connectivity index (χ2v) is 4.18. The molecule has 1 rings (SSSR count). The molecule has 0 heterocycles. The van der Waals surface area contributed by atoms with Crippen molar-refractivity contribution in [2.24, 2.45) is 0 Å². The summed E-state index contributed by atoms with van der Waals surface area (Å²) >= 11 is 0. The predicted molar refractivity (Wildman–Crippen MR) is 62.6 cm³/mol. The smallest absolute Gasteiger partial charge is 0.432 e. The molecule has 0 saturated heterocycles. The molecule has 1 aliphatic carbocycles. The van der Waals surface area contributed by atoms with Crippen molar-refractivity contribution in [1.29, 1.82) is 0 Å². The van der Waals surface area contributed by atoms with Crippen molar-refractivity contribution in [3.63, 3.8) is 0 Å². The zero-order valence-electron chi connectivity index (χ0n) is 10.4. The molecule has 0 aromatic heterocycles. The summed E-state index contributed by atoms with van der Waals surface area (Å²) in [5, 5.41) is 2.62. The summed E-state index contributed by atoms with van der Waals surface area (Å²) in [6.45, 7) is 2.28. The SMILES string of the molecule is CCC(=O)NCCOC(=O)OC1CCCCC1. The van der Waals surface area contributed by atoms with Gasteiger partial charge in [-0.3, -0.25) is 4.79 Å². The Hall–Kier alpha value is -1.26. The lowest BCUT2D eigenvalue weighted by Crippen LogP contribution is -2.28. The van der Waals surface area contributed by atoms with Crippen molar-refractivity contribution < 1.29 is 19.1 Å².